The van der Waals surface area contributed by atoms with E-state index in [1.165, 1.54) is 17.8 Å². The fraction of sp³-hybridized carbons (Fsp3) is 0.579. The minimum Gasteiger partial charge on any atom is -0.451 e. The van der Waals surface area contributed by atoms with Crippen LogP contribution in [0.15, 0.2) is 11.0 Å². The van der Waals surface area contributed by atoms with E-state index in [1.54, 1.807) is 13.1 Å². The number of carbonyl (C=O) groups excluding carboxylic acids is 2. The van der Waals surface area contributed by atoms with Gasteiger partial charge in [-0.15, -0.1) is 11.3 Å². The molecule has 0 aromatic carbocycles. The Bertz CT molecular complexity index is 912. The van der Waals surface area contributed by atoms with Gasteiger partial charge in [-0.25, -0.2) is 4.68 Å². The number of nitrogens with one attached hydrogen (secondary N) is 1. The highest BCUT2D eigenvalue weighted by molar-refractivity contribution is 7.19. The summed E-state index contributed by atoms with van der Waals surface area (Å²) < 4.78 is 7.11. The molecule has 1 amide bonds. The molecule has 2 aromatic heterocycles. The van der Waals surface area contributed by atoms with Crippen molar-refractivity contribution in [2.75, 3.05) is 0 Å². The highest BCUT2D eigenvalue weighted by Crippen LogP contribution is 2.26. The van der Waals surface area contributed by atoms with Crippen LogP contribution in [0.2, 0.25) is 0 Å². The number of aryl methyl sites for hydroxylation is 2. The molecule has 3 rings (SSSR count). The minimum atomic E-state index is -0.899. The molecule has 1 saturated carbocycles. The number of ether oxygens (including phenoxy) is 1. The van der Waals surface area contributed by atoms with Gasteiger partial charge in [0.1, 0.15) is 6.54 Å². The van der Waals surface area contributed by atoms with E-state index in [0.717, 1.165) is 45.5 Å². The maximum absolute atomic E-state index is 12.6. The van der Waals surface area contributed by atoms with Crippen LogP contribution in [0.1, 0.15) is 49.5 Å². The zero-order chi connectivity index (χ0) is 19.6. The second kappa shape index (κ2) is 8.21. The molecule has 0 radical (unpaired) electrons. The standard InChI is InChI=1S/C19H25N3O4S/c1-11-13(3)27-15-9-20-22(19(25)17(11)15)10-16(23)26-12(2)18(24)21-14-7-5-4-6-8-14/h9,12,14H,4-8,10H2,1-3H3,(H,21,24). The Balaban J connectivity index is 1.62. The molecule has 0 saturated heterocycles. The lowest BCUT2D eigenvalue weighted by atomic mass is 9.95. The predicted octanol–water partition coefficient (Wildman–Crippen LogP) is 2.46. The van der Waals surface area contributed by atoms with Gasteiger partial charge in [0.05, 0.1) is 16.3 Å². The van der Waals surface area contributed by atoms with Gasteiger partial charge in [0.25, 0.3) is 11.5 Å². The summed E-state index contributed by atoms with van der Waals surface area (Å²) in [5.41, 5.74) is 0.593. The molecule has 1 N–H and O–H groups in total. The summed E-state index contributed by atoms with van der Waals surface area (Å²) in [4.78, 5) is 38.1. The van der Waals surface area contributed by atoms with Gasteiger partial charge in [0.2, 0.25) is 0 Å². The Morgan fingerprint density at radius 2 is 2.04 bits per heavy atom. The van der Waals surface area contributed by atoms with Gasteiger partial charge in [-0.05, 0) is 39.2 Å². The van der Waals surface area contributed by atoms with Crippen LogP contribution >= 0.6 is 11.3 Å². The third-order valence-electron chi connectivity index (χ3n) is 5.08. The molecule has 0 bridgehead atoms. The van der Waals surface area contributed by atoms with Crippen molar-refractivity contribution in [2.24, 2.45) is 0 Å². The van der Waals surface area contributed by atoms with E-state index < -0.39 is 12.1 Å². The predicted molar refractivity (Wildman–Crippen MR) is 104 cm³/mol. The molecule has 2 heterocycles. The van der Waals surface area contributed by atoms with Crippen LogP contribution in [-0.2, 0) is 20.9 Å². The number of hydrogen-bond donors (Lipinski definition) is 1. The largest absolute Gasteiger partial charge is 0.451 e. The van der Waals surface area contributed by atoms with Crippen LogP contribution in [0.5, 0.6) is 0 Å². The van der Waals surface area contributed by atoms with Crippen molar-refractivity contribution in [1.82, 2.24) is 15.1 Å². The van der Waals surface area contributed by atoms with Gasteiger partial charge in [-0.1, -0.05) is 19.3 Å². The first-order valence-corrected chi connectivity index (χ1v) is 10.1. The summed E-state index contributed by atoms with van der Waals surface area (Å²) in [6.07, 6.45) is 6.04. The number of esters is 1. The van der Waals surface area contributed by atoms with Crippen molar-refractivity contribution in [3.05, 3.63) is 27.0 Å². The SMILES string of the molecule is Cc1sc2cnn(CC(=O)OC(C)C(=O)NC3CCCCC3)c(=O)c2c1C. The fourth-order valence-corrected chi connectivity index (χ4v) is 4.43. The summed E-state index contributed by atoms with van der Waals surface area (Å²) >= 11 is 1.51. The first-order chi connectivity index (χ1) is 12.9. The lowest BCUT2D eigenvalue weighted by molar-refractivity contribution is -0.155. The monoisotopic (exact) mass is 391 g/mol. The molecule has 0 aliphatic heterocycles. The fourth-order valence-electron chi connectivity index (χ4n) is 3.40. The number of nitrogens with zero attached hydrogens (tertiary/aromatic N) is 2. The Morgan fingerprint density at radius 3 is 2.74 bits per heavy atom. The van der Waals surface area contributed by atoms with Crippen molar-refractivity contribution in [1.29, 1.82) is 0 Å². The van der Waals surface area contributed by atoms with Crippen molar-refractivity contribution in [3.8, 4) is 0 Å². The first-order valence-electron chi connectivity index (χ1n) is 9.32. The molecule has 1 atom stereocenters. The van der Waals surface area contributed by atoms with E-state index >= 15 is 0 Å². The van der Waals surface area contributed by atoms with Crippen LogP contribution in [0, 0.1) is 13.8 Å². The van der Waals surface area contributed by atoms with Crippen molar-refractivity contribution < 1.29 is 14.3 Å². The minimum absolute atomic E-state index is 0.156. The summed E-state index contributed by atoms with van der Waals surface area (Å²) in [7, 11) is 0. The molecule has 8 heteroatoms. The second-order valence-electron chi connectivity index (χ2n) is 7.11. The van der Waals surface area contributed by atoms with Crippen LogP contribution < -0.4 is 10.9 Å². The number of aromatic nitrogens is 2. The van der Waals surface area contributed by atoms with Crippen LogP contribution in [0.4, 0.5) is 0 Å². The van der Waals surface area contributed by atoms with Crippen LogP contribution in [0.25, 0.3) is 10.1 Å². The van der Waals surface area contributed by atoms with Crippen molar-refractivity contribution in [3.63, 3.8) is 0 Å². The number of fused-ring (bicyclic) bond motifs is 1. The average Bonchev–Trinajstić information content (AvgIpc) is 2.93. The highest BCUT2D eigenvalue weighted by atomic mass is 32.1. The normalized spacial score (nSPS) is 16.3. The summed E-state index contributed by atoms with van der Waals surface area (Å²) in [5.74, 6) is -0.949. The van der Waals surface area contributed by atoms with Crippen molar-refractivity contribution in [2.45, 2.75) is 71.6 Å². The molecule has 1 unspecified atom stereocenters. The number of rotatable bonds is 5. The topological polar surface area (TPSA) is 90.3 Å². The van der Waals surface area contributed by atoms with Gasteiger partial charge in [-0.2, -0.15) is 5.10 Å². The molecule has 27 heavy (non-hydrogen) atoms. The molecule has 1 aliphatic rings. The Kier molecular flexibility index (Phi) is 5.94. The molecule has 0 spiro atoms. The van der Waals surface area contributed by atoms with Crippen LogP contribution in [-0.4, -0.2) is 33.8 Å². The zero-order valence-electron chi connectivity index (χ0n) is 15.9. The van der Waals surface area contributed by atoms with Gasteiger partial charge < -0.3 is 10.1 Å². The van der Waals surface area contributed by atoms with Gasteiger partial charge >= 0.3 is 5.97 Å². The quantitative estimate of drug-likeness (QED) is 0.791. The lowest BCUT2D eigenvalue weighted by Crippen LogP contribution is -2.43. The number of thiophene rings is 1. The van der Waals surface area contributed by atoms with E-state index in [9.17, 15) is 14.4 Å². The summed E-state index contributed by atoms with van der Waals surface area (Å²) in [6, 6.07) is 0.156. The zero-order valence-corrected chi connectivity index (χ0v) is 16.7. The lowest BCUT2D eigenvalue weighted by Gasteiger charge is -2.24. The first kappa shape index (κ1) is 19.5. The smallest absolute Gasteiger partial charge is 0.328 e. The molecule has 1 fully saturated rings. The number of amides is 1. The van der Waals surface area contributed by atoms with Gasteiger partial charge in [0.15, 0.2) is 6.10 Å². The molecular weight excluding hydrogens is 366 g/mol. The molecule has 146 valence electrons. The Hall–Kier alpha value is -2.22. The number of hydrogen-bond acceptors (Lipinski definition) is 6. The molecule has 7 nitrogen and oxygen atoms in total. The summed E-state index contributed by atoms with van der Waals surface area (Å²) in [6.45, 7) is 5.06. The maximum Gasteiger partial charge on any atom is 0.328 e. The maximum atomic E-state index is 12.6. The van der Waals surface area contributed by atoms with Crippen molar-refractivity contribution >= 4 is 33.3 Å². The molecule has 2 aromatic rings. The number of carbonyl (C=O) groups is 2. The van der Waals surface area contributed by atoms with E-state index in [4.69, 9.17) is 4.74 Å². The van der Waals surface area contributed by atoms with Crippen LogP contribution in [0.3, 0.4) is 0 Å². The van der Waals surface area contributed by atoms with E-state index in [1.807, 2.05) is 13.8 Å². The third kappa shape index (κ3) is 4.37. The highest BCUT2D eigenvalue weighted by Gasteiger charge is 2.23. The molecular formula is C19H25N3O4S. The summed E-state index contributed by atoms with van der Waals surface area (Å²) in [5, 5.41) is 7.58. The Morgan fingerprint density at radius 1 is 1.33 bits per heavy atom. The van der Waals surface area contributed by atoms with E-state index in [2.05, 4.69) is 10.4 Å². The van der Waals surface area contributed by atoms with Gasteiger partial charge in [0, 0.05) is 10.9 Å². The average molecular weight is 391 g/mol. The second-order valence-corrected chi connectivity index (χ2v) is 8.36. The Labute approximate surface area is 161 Å². The van der Waals surface area contributed by atoms with E-state index in [-0.39, 0.29) is 24.1 Å². The van der Waals surface area contributed by atoms with E-state index in [0.29, 0.717) is 5.39 Å². The van der Waals surface area contributed by atoms with Gasteiger partial charge in [-0.3, -0.25) is 14.4 Å². The third-order valence-corrected chi connectivity index (χ3v) is 6.22. The molecule has 1 aliphatic carbocycles.